The number of fused-ring (bicyclic) bond motifs is 1. The van der Waals surface area contributed by atoms with Crippen LogP contribution in [0.25, 0.3) is 10.1 Å². The van der Waals surface area contributed by atoms with Crippen LogP contribution in [0.3, 0.4) is 0 Å². The van der Waals surface area contributed by atoms with Crippen molar-refractivity contribution in [2.24, 2.45) is 0 Å². The number of benzene rings is 1. The Kier molecular flexibility index (Phi) is 2.01. The first-order chi connectivity index (χ1) is 7.71. The summed E-state index contributed by atoms with van der Waals surface area (Å²) in [6.07, 6.45) is 4.05. The highest BCUT2D eigenvalue weighted by Gasteiger charge is 2.47. The van der Waals surface area contributed by atoms with Gasteiger partial charge in [0.1, 0.15) is 0 Å². The number of rotatable bonds is 3. The molecule has 3 nitrogen and oxygen atoms in total. The van der Waals surface area contributed by atoms with Crippen LogP contribution in [0.4, 0.5) is 0 Å². The molecule has 1 N–H and O–H groups in total. The monoisotopic (exact) mass is 233 g/mol. The fourth-order valence-electron chi connectivity index (χ4n) is 2.29. The molecule has 2 aromatic rings. The molecular weight excluding hydrogens is 222 g/mol. The SMILES string of the molecule is O=C(O)CC1(c2cccc3cnsc23)CC1. The van der Waals surface area contributed by atoms with Gasteiger partial charge in [-0.25, -0.2) is 0 Å². The highest BCUT2D eigenvalue weighted by Crippen LogP contribution is 2.53. The van der Waals surface area contributed by atoms with Gasteiger partial charge in [0, 0.05) is 17.0 Å². The summed E-state index contributed by atoms with van der Waals surface area (Å²) in [4.78, 5) is 10.9. The first-order valence-corrected chi connectivity index (χ1v) is 6.04. The summed E-state index contributed by atoms with van der Waals surface area (Å²) in [5.41, 5.74) is 1.06. The molecule has 1 aliphatic rings. The molecule has 1 heterocycles. The molecule has 82 valence electrons. The Morgan fingerprint density at radius 3 is 3.00 bits per heavy atom. The van der Waals surface area contributed by atoms with Gasteiger partial charge in [0.05, 0.1) is 11.1 Å². The fraction of sp³-hybridized carbons (Fsp3) is 0.333. The van der Waals surface area contributed by atoms with Crippen LogP contribution in [0.5, 0.6) is 0 Å². The average molecular weight is 233 g/mol. The number of hydrogen-bond acceptors (Lipinski definition) is 3. The van der Waals surface area contributed by atoms with E-state index < -0.39 is 5.97 Å². The van der Waals surface area contributed by atoms with Crippen LogP contribution < -0.4 is 0 Å². The Morgan fingerprint density at radius 2 is 2.31 bits per heavy atom. The van der Waals surface area contributed by atoms with Crippen LogP contribution in [0.1, 0.15) is 24.8 Å². The summed E-state index contributed by atoms with van der Waals surface area (Å²) in [6.45, 7) is 0. The number of hydrogen-bond donors (Lipinski definition) is 1. The van der Waals surface area contributed by atoms with Gasteiger partial charge in [-0.3, -0.25) is 4.79 Å². The van der Waals surface area contributed by atoms with Crippen LogP contribution in [0.15, 0.2) is 24.4 Å². The standard InChI is InChI=1S/C12H11NO2S/c14-10(15)6-12(4-5-12)9-3-1-2-8-7-13-16-11(8)9/h1-3,7H,4-6H2,(H,14,15). The fourth-order valence-corrected chi connectivity index (χ4v) is 3.17. The molecule has 3 rings (SSSR count). The highest BCUT2D eigenvalue weighted by atomic mass is 32.1. The van der Waals surface area contributed by atoms with Gasteiger partial charge in [-0.2, -0.15) is 4.37 Å². The molecule has 16 heavy (non-hydrogen) atoms. The third-order valence-electron chi connectivity index (χ3n) is 3.30. The molecule has 0 unspecified atom stereocenters. The first-order valence-electron chi connectivity index (χ1n) is 5.27. The Balaban J connectivity index is 2.12. The molecule has 0 atom stereocenters. The normalized spacial score (nSPS) is 17.5. The van der Waals surface area contributed by atoms with E-state index in [9.17, 15) is 4.79 Å². The Morgan fingerprint density at radius 1 is 1.50 bits per heavy atom. The molecule has 1 aliphatic carbocycles. The van der Waals surface area contributed by atoms with Gasteiger partial charge >= 0.3 is 5.97 Å². The van der Waals surface area contributed by atoms with E-state index in [0.717, 1.165) is 22.9 Å². The van der Waals surface area contributed by atoms with E-state index >= 15 is 0 Å². The third kappa shape index (κ3) is 1.41. The van der Waals surface area contributed by atoms with Crippen molar-refractivity contribution < 1.29 is 9.90 Å². The summed E-state index contributed by atoms with van der Waals surface area (Å²) in [6, 6.07) is 6.07. The summed E-state index contributed by atoms with van der Waals surface area (Å²) in [5, 5.41) is 10.1. The predicted octanol–water partition coefficient (Wildman–Crippen LogP) is 2.80. The van der Waals surface area contributed by atoms with Gasteiger partial charge in [-0.15, -0.1) is 0 Å². The van der Waals surface area contributed by atoms with Gasteiger partial charge in [-0.1, -0.05) is 18.2 Å². The lowest BCUT2D eigenvalue weighted by molar-refractivity contribution is -0.137. The minimum absolute atomic E-state index is 0.113. The molecule has 4 heteroatoms. The molecule has 0 aliphatic heterocycles. The molecule has 1 fully saturated rings. The second-order valence-corrected chi connectivity index (χ2v) is 5.20. The van der Waals surface area contributed by atoms with Gasteiger partial charge in [-0.05, 0) is 29.9 Å². The molecule has 0 bridgehead atoms. The number of aliphatic carboxylic acids is 1. The Hall–Kier alpha value is -1.42. The van der Waals surface area contributed by atoms with Crippen molar-refractivity contribution in [3.05, 3.63) is 30.0 Å². The van der Waals surface area contributed by atoms with Crippen molar-refractivity contribution >= 4 is 27.6 Å². The summed E-state index contributed by atoms with van der Waals surface area (Å²) in [7, 11) is 0. The van der Waals surface area contributed by atoms with Crippen molar-refractivity contribution in [2.75, 3.05) is 0 Å². The van der Waals surface area contributed by atoms with Gasteiger partial charge in [0.2, 0.25) is 0 Å². The zero-order chi connectivity index (χ0) is 11.2. The number of nitrogens with zero attached hydrogens (tertiary/aromatic N) is 1. The van der Waals surface area contributed by atoms with Crippen molar-refractivity contribution in [2.45, 2.75) is 24.7 Å². The first kappa shape index (κ1) is 9.78. The minimum atomic E-state index is -0.709. The Bertz CT molecular complexity index is 557. The Labute approximate surface area is 96.9 Å². The zero-order valence-corrected chi connectivity index (χ0v) is 9.46. The van der Waals surface area contributed by atoms with Gasteiger partial charge < -0.3 is 5.11 Å². The predicted molar refractivity (Wildman–Crippen MR) is 62.8 cm³/mol. The summed E-state index contributed by atoms with van der Waals surface area (Å²) >= 11 is 1.46. The second-order valence-electron chi connectivity index (χ2n) is 4.40. The zero-order valence-electron chi connectivity index (χ0n) is 8.64. The maximum atomic E-state index is 10.9. The molecule has 0 radical (unpaired) electrons. The van der Waals surface area contributed by atoms with E-state index in [1.807, 2.05) is 18.3 Å². The molecule has 1 aromatic carbocycles. The van der Waals surface area contributed by atoms with E-state index in [2.05, 4.69) is 10.4 Å². The quantitative estimate of drug-likeness (QED) is 0.886. The van der Waals surface area contributed by atoms with E-state index in [4.69, 9.17) is 5.11 Å². The third-order valence-corrected chi connectivity index (χ3v) is 4.14. The van der Waals surface area contributed by atoms with Crippen molar-refractivity contribution in [1.82, 2.24) is 4.37 Å². The van der Waals surface area contributed by atoms with Crippen molar-refractivity contribution in [3.8, 4) is 0 Å². The smallest absolute Gasteiger partial charge is 0.304 e. The maximum Gasteiger partial charge on any atom is 0.304 e. The molecule has 0 saturated heterocycles. The molecule has 0 amide bonds. The maximum absolute atomic E-state index is 10.9. The lowest BCUT2D eigenvalue weighted by atomic mass is 9.92. The van der Waals surface area contributed by atoms with Crippen LogP contribution in [-0.4, -0.2) is 15.4 Å². The van der Waals surface area contributed by atoms with E-state index in [1.54, 1.807) is 0 Å². The number of carbonyl (C=O) groups is 1. The van der Waals surface area contributed by atoms with Crippen LogP contribution >= 0.6 is 11.5 Å². The van der Waals surface area contributed by atoms with Gasteiger partial charge in [0.15, 0.2) is 0 Å². The number of carboxylic acid groups (broad SMARTS) is 1. The molecule has 0 spiro atoms. The largest absolute Gasteiger partial charge is 0.481 e. The summed E-state index contributed by atoms with van der Waals surface area (Å²) in [5.74, 6) is -0.709. The van der Waals surface area contributed by atoms with E-state index in [1.165, 1.54) is 17.1 Å². The molecular formula is C12H11NO2S. The van der Waals surface area contributed by atoms with Gasteiger partial charge in [0.25, 0.3) is 0 Å². The lowest BCUT2D eigenvalue weighted by Crippen LogP contribution is -2.12. The van der Waals surface area contributed by atoms with Crippen LogP contribution in [-0.2, 0) is 10.2 Å². The topological polar surface area (TPSA) is 50.2 Å². The highest BCUT2D eigenvalue weighted by molar-refractivity contribution is 7.13. The number of aromatic nitrogens is 1. The van der Waals surface area contributed by atoms with Crippen LogP contribution in [0.2, 0.25) is 0 Å². The molecule has 1 aromatic heterocycles. The average Bonchev–Trinajstić information content (AvgIpc) is 2.85. The lowest BCUT2D eigenvalue weighted by Gasteiger charge is -2.13. The van der Waals surface area contributed by atoms with Crippen LogP contribution in [0, 0.1) is 0 Å². The second kappa shape index (κ2) is 3.28. The summed E-state index contributed by atoms with van der Waals surface area (Å²) < 4.78 is 5.33. The molecule has 1 saturated carbocycles. The number of carboxylic acids is 1. The van der Waals surface area contributed by atoms with E-state index in [0.29, 0.717) is 0 Å². The van der Waals surface area contributed by atoms with E-state index in [-0.39, 0.29) is 11.8 Å². The minimum Gasteiger partial charge on any atom is -0.481 e. The van der Waals surface area contributed by atoms with Crippen molar-refractivity contribution in [1.29, 1.82) is 0 Å². The van der Waals surface area contributed by atoms with Crippen molar-refractivity contribution in [3.63, 3.8) is 0 Å².